The van der Waals surface area contributed by atoms with Gasteiger partial charge in [-0.05, 0) is 24.3 Å². The summed E-state index contributed by atoms with van der Waals surface area (Å²) in [5, 5.41) is 16.6. The Bertz CT molecular complexity index is 620. The van der Waals surface area contributed by atoms with E-state index >= 15 is 0 Å². The second-order valence-corrected chi connectivity index (χ2v) is 3.12. The first-order valence-electron chi connectivity index (χ1n) is 5.48. The second kappa shape index (κ2) is 14.6. The van der Waals surface area contributed by atoms with Crippen molar-refractivity contribution in [3.63, 3.8) is 0 Å². The molecule has 0 fully saturated rings. The number of furan rings is 1. The fourth-order valence-electron chi connectivity index (χ4n) is 0.981. The molecule has 9 heteroatoms. The molecule has 0 radical (unpaired) electrons. The molecule has 0 saturated heterocycles. The molecule has 120 valence electrons. The Morgan fingerprint density at radius 3 is 1.48 bits per heavy atom. The fourth-order valence-corrected chi connectivity index (χ4v) is 0.981. The summed E-state index contributed by atoms with van der Waals surface area (Å²) in [5.74, 6) is -1.93. The molecule has 0 spiro atoms. The second-order valence-electron chi connectivity index (χ2n) is 3.12. The van der Waals surface area contributed by atoms with Crippen molar-refractivity contribution in [1.29, 1.82) is 0 Å². The molecule has 1 heterocycles. The molecule has 9 nitrogen and oxygen atoms in total. The van der Waals surface area contributed by atoms with Gasteiger partial charge in [0.25, 0.3) is 0 Å². The van der Waals surface area contributed by atoms with Gasteiger partial charge in [-0.2, -0.15) is 19.2 Å². The molecular formula is C14H10O9. The molecule has 2 aromatic rings. The van der Waals surface area contributed by atoms with Gasteiger partial charge >= 0.3 is 24.2 Å². The lowest BCUT2D eigenvalue weighted by molar-refractivity contribution is -0.193. The maximum atomic E-state index is 10.2. The van der Waals surface area contributed by atoms with Crippen LogP contribution in [0.4, 0.5) is 0 Å². The summed E-state index contributed by atoms with van der Waals surface area (Å²) in [6.07, 6.45) is 1.82. The van der Waals surface area contributed by atoms with Crippen LogP contribution in [-0.4, -0.2) is 34.5 Å². The molecule has 0 unspecified atom stereocenters. The van der Waals surface area contributed by atoms with Gasteiger partial charge in [0.15, 0.2) is 0 Å². The monoisotopic (exact) mass is 322 g/mol. The molecule has 2 rings (SSSR count). The highest BCUT2D eigenvalue weighted by molar-refractivity contribution is 5.87. The summed E-state index contributed by atoms with van der Waals surface area (Å²) in [6.45, 7) is 0. The van der Waals surface area contributed by atoms with Crippen molar-refractivity contribution < 1.29 is 43.4 Å². The van der Waals surface area contributed by atoms with Gasteiger partial charge in [0.1, 0.15) is 0 Å². The molecule has 0 aliphatic rings. The van der Waals surface area contributed by atoms with Gasteiger partial charge < -0.3 is 14.6 Å². The number of carbonyl (C=O) groups excluding carboxylic acids is 4. The van der Waals surface area contributed by atoms with Crippen LogP contribution in [0.25, 0.3) is 0 Å². The number of hydrogen-bond donors (Lipinski definition) is 2. The van der Waals surface area contributed by atoms with Gasteiger partial charge in [-0.1, -0.05) is 18.2 Å². The van der Waals surface area contributed by atoms with Crippen molar-refractivity contribution in [1.82, 2.24) is 0 Å². The average molecular weight is 322 g/mol. The predicted molar refractivity (Wildman–Crippen MR) is 69.1 cm³/mol. The summed E-state index contributed by atoms with van der Waals surface area (Å²) in [6, 6.07) is 11.2. The van der Waals surface area contributed by atoms with Crippen molar-refractivity contribution >= 4 is 24.2 Å². The van der Waals surface area contributed by atoms with Crippen molar-refractivity contribution in [2.45, 2.75) is 0 Å². The minimum absolute atomic E-state index is 0.0231. The number of hydrogen-bond acceptors (Lipinski definition) is 7. The lowest BCUT2D eigenvalue weighted by Gasteiger charge is -1.88. The number of benzene rings is 1. The molecule has 0 amide bonds. The van der Waals surface area contributed by atoms with Crippen LogP contribution in [0.15, 0.2) is 53.1 Å². The largest absolute Gasteiger partial charge is 0.478 e. The van der Waals surface area contributed by atoms with Crippen molar-refractivity contribution in [3.05, 3.63) is 60.1 Å². The minimum atomic E-state index is -1.03. The van der Waals surface area contributed by atoms with E-state index in [9.17, 15) is 9.59 Å². The van der Waals surface area contributed by atoms with E-state index in [1.165, 1.54) is 18.4 Å². The average Bonchev–Trinajstić information content (AvgIpc) is 3.05. The highest BCUT2D eigenvalue weighted by Crippen LogP contribution is 1.97. The Morgan fingerprint density at radius 2 is 1.26 bits per heavy atom. The smallest absolute Gasteiger partial charge is 0.373 e. The van der Waals surface area contributed by atoms with E-state index in [1.54, 1.807) is 30.3 Å². The lowest BCUT2D eigenvalue weighted by atomic mass is 10.2. The maximum absolute atomic E-state index is 10.2. The van der Waals surface area contributed by atoms with E-state index < -0.39 is 11.9 Å². The van der Waals surface area contributed by atoms with Crippen LogP contribution < -0.4 is 0 Å². The Kier molecular flexibility index (Phi) is 13.7. The quantitative estimate of drug-likeness (QED) is 0.828. The molecule has 1 aromatic heterocycles. The molecule has 0 saturated carbocycles. The Hall–Kier alpha value is -3.80. The third-order valence-corrected chi connectivity index (χ3v) is 1.75. The highest BCUT2D eigenvalue weighted by Gasteiger charge is 2.01. The van der Waals surface area contributed by atoms with Gasteiger partial charge in [0, 0.05) is 0 Å². The summed E-state index contributed by atoms with van der Waals surface area (Å²) in [4.78, 5) is 52.7. The minimum Gasteiger partial charge on any atom is -0.478 e. The number of carbonyl (C=O) groups is 2. The van der Waals surface area contributed by atoms with Crippen LogP contribution in [0.1, 0.15) is 20.9 Å². The van der Waals surface area contributed by atoms with E-state index in [4.69, 9.17) is 29.4 Å². The van der Waals surface area contributed by atoms with E-state index in [2.05, 4.69) is 4.42 Å². The zero-order valence-corrected chi connectivity index (χ0v) is 11.4. The van der Waals surface area contributed by atoms with E-state index in [-0.39, 0.29) is 18.1 Å². The number of carboxylic acid groups (broad SMARTS) is 2. The summed E-state index contributed by atoms with van der Waals surface area (Å²) < 4.78 is 4.50. The van der Waals surface area contributed by atoms with Crippen molar-refractivity contribution in [3.8, 4) is 0 Å². The van der Waals surface area contributed by atoms with Crippen LogP contribution in [0.3, 0.4) is 0 Å². The molecule has 1 aromatic carbocycles. The molecule has 23 heavy (non-hydrogen) atoms. The van der Waals surface area contributed by atoms with Crippen LogP contribution in [0, 0.1) is 0 Å². The van der Waals surface area contributed by atoms with E-state index in [0.717, 1.165) is 0 Å². The fraction of sp³-hybridized carbons (Fsp3) is 0. The topological polar surface area (TPSA) is 156 Å². The first-order chi connectivity index (χ1) is 10.9. The summed E-state index contributed by atoms with van der Waals surface area (Å²) >= 11 is 0. The molecular weight excluding hydrogens is 312 g/mol. The number of carboxylic acids is 2. The van der Waals surface area contributed by atoms with E-state index in [1.807, 2.05) is 0 Å². The zero-order chi connectivity index (χ0) is 18.1. The van der Waals surface area contributed by atoms with Gasteiger partial charge in [0.2, 0.25) is 5.76 Å². The van der Waals surface area contributed by atoms with Crippen LogP contribution in [-0.2, 0) is 19.2 Å². The maximum Gasteiger partial charge on any atom is 0.373 e. The molecule has 0 aliphatic heterocycles. The lowest BCUT2D eigenvalue weighted by Crippen LogP contribution is -1.93. The van der Waals surface area contributed by atoms with Crippen molar-refractivity contribution in [2.24, 2.45) is 0 Å². The van der Waals surface area contributed by atoms with Crippen LogP contribution in [0.5, 0.6) is 0 Å². The van der Waals surface area contributed by atoms with Crippen molar-refractivity contribution in [2.75, 3.05) is 0 Å². The molecule has 0 atom stereocenters. The van der Waals surface area contributed by atoms with E-state index in [0.29, 0.717) is 5.56 Å². The van der Waals surface area contributed by atoms with Gasteiger partial charge in [-0.15, -0.1) is 0 Å². The van der Waals surface area contributed by atoms with Gasteiger partial charge in [-0.3, -0.25) is 0 Å². The highest BCUT2D eigenvalue weighted by atomic mass is 16.4. The Balaban J connectivity index is 0. The molecule has 2 N–H and O–H groups in total. The molecule has 0 bridgehead atoms. The summed E-state index contributed by atoms with van der Waals surface area (Å²) in [7, 11) is 0. The normalized spacial score (nSPS) is 7.30. The third kappa shape index (κ3) is 13.0. The molecule has 0 aliphatic carbocycles. The third-order valence-electron chi connectivity index (χ3n) is 1.75. The number of rotatable bonds is 2. The zero-order valence-electron chi connectivity index (χ0n) is 11.4. The van der Waals surface area contributed by atoms with Crippen LogP contribution >= 0.6 is 0 Å². The first-order valence-corrected chi connectivity index (χ1v) is 5.48. The van der Waals surface area contributed by atoms with Gasteiger partial charge in [-0.25, -0.2) is 9.59 Å². The van der Waals surface area contributed by atoms with Crippen LogP contribution in [0.2, 0.25) is 0 Å². The first kappa shape index (κ1) is 21.5. The van der Waals surface area contributed by atoms with Gasteiger partial charge in [0.05, 0.1) is 11.8 Å². The Morgan fingerprint density at radius 1 is 0.783 bits per heavy atom. The number of aromatic carboxylic acids is 2. The Labute approximate surface area is 128 Å². The standard InChI is InChI=1S/C7H6O2.C5H4O3.2CO2/c8-7(9)6-4-2-1-3-5-6;6-5(7)4-2-1-3-8-4;2*2-1-3/h1-5H,(H,8,9);1-3H,(H,6,7);;. The SMILES string of the molecule is O=C(O)c1ccccc1.O=C(O)c1ccco1.O=C=O.O=C=O. The predicted octanol–water partition coefficient (Wildman–Crippen LogP) is 1.20. The summed E-state index contributed by atoms with van der Waals surface area (Å²) in [5.41, 5.74) is 0.331.